The highest BCUT2D eigenvalue weighted by molar-refractivity contribution is 5.99. The van der Waals surface area contributed by atoms with Crippen LogP contribution in [-0.2, 0) is 17.5 Å². The van der Waals surface area contributed by atoms with E-state index in [0.717, 1.165) is 56.6 Å². The first-order valence-electron chi connectivity index (χ1n) is 12.5. The third kappa shape index (κ3) is 3.67. The second kappa shape index (κ2) is 8.26. The van der Waals surface area contributed by atoms with Crippen molar-refractivity contribution in [2.45, 2.75) is 62.9 Å². The lowest BCUT2D eigenvalue weighted by Gasteiger charge is -2.46. The van der Waals surface area contributed by atoms with Crippen molar-refractivity contribution in [2.75, 3.05) is 18.8 Å². The number of aliphatic hydroxyl groups excluding tert-OH is 1. The Morgan fingerprint density at radius 2 is 1.91 bits per heavy atom. The smallest absolute Gasteiger partial charge is 0.163 e. The molecule has 6 rings (SSSR count). The highest BCUT2D eigenvalue weighted by atomic mass is 16.3. The van der Waals surface area contributed by atoms with Gasteiger partial charge in [-0.1, -0.05) is 30.3 Å². The molecule has 2 unspecified atom stereocenters. The molecule has 8 nitrogen and oxygen atoms in total. The van der Waals surface area contributed by atoms with Crippen LogP contribution in [-0.4, -0.2) is 50.0 Å². The minimum atomic E-state index is -0.689. The number of nitrogens with zero attached hydrogens (tertiary/aromatic N) is 4. The molecule has 1 spiro atoms. The number of anilines is 1. The number of benzene rings is 1. The second-order valence-electron chi connectivity index (χ2n) is 10.4. The summed E-state index contributed by atoms with van der Waals surface area (Å²) in [6, 6.07) is 14.4. The number of ketones is 1. The molecule has 4 N–H and O–H groups in total. The van der Waals surface area contributed by atoms with Crippen molar-refractivity contribution in [3.63, 3.8) is 0 Å². The maximum Gasteiger partial charge on any atom is 0.163 e. The number of fused-ring (bicyclic) bond motifs is 2. The van der Waals surface area contributed by atoms with Crippen molar-refractivity contribution >= 4 is 11.6 Å². The Balaban J connectivity index is 1.21. The highest BCUT2D eigenvalue weighted by Gasteiger charge is 2.48. The number of pyridine rings is 1. The van der Waals surface area contributed by atoms with Gasteiger partial charge in [-0.15, -0.1) is 0 Å². The quantitative estimate of drug-likeness (QED) is 0.374. The Morgan fingerprint density at radius 3 is 2.63 bits per heavy atom. The summed E-state index contributed by atoms with van der Waals surface area (Å²) in [6.45, 7) is 3.97. The normalized spacial score (nSPS) is 23.8. The molecule has 2 fully saturated rings. The number of nitrogen functional groups attached to an aromatic ring is 1. The fourth-order valence-electron chi connectivity index (χ4n) is 6.17. The number of hydrogen-bond donors (Lipinski definition) is 3. The Hall–Kier alpha value is -3.07. The molecule has 0 bridgehead atoms. The number of aromatic nitrogens is 3. The maximum absolute atomic E-state index is 11.9. The first-order valence-corrected chi connectivity index (χ1v) is 12.5. The van der Waals surface area contributed by atoms with Crippen LogP contribution >= 0.6 is 0 Å². The van der Waals surface area contributed by atoms with Gasteiger partial charge in [-0.05, 0) is 56.7 Å². The molecule has 2 atom stereocenters. The Labute approximate surface area is 205 Å². The van der Waals surface area contributed by atoms with Crippen molar-refractivity contribution in [1.29, 1.82) is 0 Å². The lowest BCUT2D eigenvalue weighted by molar-refractivity contribution is -0.0521. The van der Waals surface area contributed by atoms with E-state index in [4.69, 9.17) is 10.8 Å². The first kappa shape index (κ1) is 22.4. The van der Waals surface area contributed by atoms with Crippen LogP contribution in [0.3, 0.4) is 0 Å². The van der Waals surface area contributed by atoms with E-state index in [1.165, 1.54) is 24.6 Å². The van der Waals surface area contributed by atoms with E-state index in [0.29, 0.717) is 5.56 Å². The number of rotatable bonds is 6. The third-order valence-electron chi connectivity index (χ3n) is 8.39. The summed E-state index contributed by atoms with van der Waals surface area (Å²) in [7, 11) is 0. The summed E-state index contributed by atoms with van der Waals surface area (Å²) in [5.41, 5.74) is 10.2. The Kier molecular flexibility index (Phi) is 5.28. The predicted octanol–water partition coefficient (Wildman–Crippen LogP) is 3.02. The summed E-state index contributed by atoms with van der Waals surface area (Å²) in [5, 5.41) is 19.6. The third-order valence-corrected chi connectivity index (χ3v) is 8.39. The molecule has 2 aliphatic heterocycles. The lowest BCUT2D eigenvalue weighted by Crippen LogP contribution is -2.57. The van der Waals surface area contributed by atoms with Gasteiger partial charge in [0.15, 0.2) is 12.1 Å². The van der Waals surface area contributed by atoms with E-state index >= 15 is 0 Å². The first-order chi connectivity index (χ1) is 16.9. The number of carbonyl (C=O) groups is 1. The van der Waals surface area contributed by atoms with E-state index in [-0.39, 0.29) is 22.6 Å². The summed E-state index contributed by atoms with van der Waals surface area (Å²) in [4.78, 5) is 18.3. The largest absolute Gasteiger partial charge is 0.383 e. The summed E-state index contributed by atoms with van der Waals surface area (Å²) in [5.74, 6) is 0.143. The number of carbonyl (C=O) groups excluding carboxylic acids is 1. The van der Waals surface area contributed by atoms with Crippen LogP contribution in [0.2, 0.25) is 0 Å². The minimum absolute atomic E-state index is 0.0297. The van der Waals surface area contributed by atoms with Crippen LogP contribution < -0.4 is 11.1 Å². The van der Waals surface area contributed by atoms with Gasteiger partial charge in [-0.2, -0.15) is 5.10 Å². The van der Waals surface area contributed by atoms with Gasteiger partial charge in [0.05, 0.1) is 11.3 Å². The summed E-state index contributed by atoms with van der Waals surface area (Å²) >= 11 is 0. The van der Waals surface area contributed by atoms with E-state index < -0.39 is 6.35 Å². The zero-order valence-electron chi connectivity index (χ0n) is 20.1. The zero-order valence-corrected chi connectivity index (χ0v) is 20.1. The molecule has 1 aliphatic carbocycles. The molecule has 0 amide bonds. The lowest BCUT2D eigenvalue weighted by atomic mass is 9.72. The Bertz CT molecular complexity index is 1270. The number of aliphatic hydroxyl groups is 1. The molecule has 1 saturated heterocycles. The molecule has 3 aliphatic rings. The average molecular weight is 473 g/mol. The topological polar surface area (TPSA) is 109 Å². The average Bonchev–Trinajstić information content (AvgIpc) is 3.54. The predicted molar refractivity (Wildman–Crippen MR) is 133 cm³/mol. The van der Waals surface area contributed by atoms with E-state index in [1.54, 1.807) is 12.3 Å². The fourth-order valence-corrected chi connectivity index (χ4v) is 6.17. The van der Waals surface area contributed by atoms with Gasteiger partial charge in [-0.3, -0.25) is 19.7 Å². The van der Waals surface area contributed by atoms with Crippen molar-refractivity contribution in [3.8, 4) is 11.3 Å². The molecule has 0 radical (unpaired) electrons. The summed E-state index contributed by atoms with van der Waals surface area (Å²) in [6.07, 6.45) is 6.25. The molecule has 4 heterocycles. The van der Waals surface area contributed by atoms with Crippen LogP contribution in [0.1, 0.15) is 60.6 Å². The van der Waals surface area contributed by atoms with Crippen molar-refractivity contribution in [3.05, 3.63) is 65.5 Å². The highest BCUT2D eigenvalue weighted by Crippen LogP contribution is 2.45. The molecule has 35 heavy (non-hydrogen) atoms. The van der Waals surface area contributed by atoms with Gasteiger partial charge < -0.3 is 10.8 Å². The van der Waals surface area contributed by atoms with Crippen molar-refractivity contribution in [2.24, 2.45) is 0 Å². The van der Waals surface area contributed by atoms with Gasteiger partial charge >= 0.3 is 0 Å². The van der Waals surface area contributed by atoms with Crippen LogP contribution in [0, 0.1) is 0 Å². The van der Waals surface area contributed by atoms with Gasteiger partial charge in [-0.25, -0.2) is 4.98 Å². The number of nitrogens with two attached hydrogens (primary N) is 1. The molecule has 1 saturated carbocycles. The van der Waals surface area contributed by atoms with Gasteiger partial charge in [0, 0.05) is 48.0 Å². The van der Waals surface area contributed by atoms with E-state index in [2.05, 4.69) is 50.2 Å². The van der Waals surface area contributed by atoms with Crippen LogP contribution in [0.15, 0.2) is 48.7 Å². The molecule has 182 valence electrons. The van der Waals surface area contributed by atoms with Crippen molar-refractivity contribution < 1.29 is 9.90 Å². The molecular formula is C27H32N6O2. The van der Waals surface area contributed by atoms with Crippen LogP contribution in [0.25, 0.3) is 11.3 Å². The van der Waals surface area contributed by atoms with E-state index in [9.17, 15) is 9.90 Å². The van der Waals surface area contributed by atoms with Crippen molar-refractivity contribution in [1.82, 2.24) is 25.0 Å². The number of likely N-dealkylation sites (tertiary alicyclic amines) is 1. The monoisotopic (exact) mass is 472 g/mol. The number of aryl methyl sites for hydroxylation is 1. The number of hydrogen-bond acceptors (Lipinski definition) is 7. The molecular weight excluding hydrogens is 440 g/mol. The number of Topliss-reactive ketones (excluding diaryl/α,β-unsaturated/α-hetero) is 1. The fraction of sp³-hybridized carbons (Fsp3) is 0.444. The summed E-state index contributed by atoms with van der Waals surface area (Å²) < 4.78 is 2.08. The minimum Gasteiger partial charge on any atom is -0.383 e. The second-order valence-corrected chi connectivity index (χ2v) is 10.4. The maximum atomic E-state index is 11.9. The molecule has 3 aromatic rings. The zero-order chi connectivity index (χ0) is 24.2. The number of nitrogens with one attached hydrogen (secondary N) is 1. The SMILES string of the molecule is CC(=O)c1cc(-c2cc3n(n2)CCC32CCN(C(O)NC3(c4ccccc4)CCC3)C2)cnc1N. The van der Waals surface area contributed by atoms with Crippen LogP contribution in [0.4, 0.5) is 5.82 Å². The van der Waals surface area contributed by atoms with Crippen LogP contribution in [0.5, 0.6) is 0 Å². The van der Waals surface area contributed by atoms with Gasteiger partial charge in [0.2, 0.25) is 0 Å². The molecule has 1 aromatic carbocycles. The van der Waals surface area contributed by atoms with Gasteiger partial charge in [0.1, 0.15) is 5.82 Å². The molecule has 8 heteroatoms. The molecule has 2 aromatic heterocycles. The van der Waals surface area contributed by atoms with E-state index in [1.807, 2.05) is 6.07 Å². The standard InChI is InChI=1S/C27H32N6O2/c1-18(34)21-14-19(16-29-24(21)28)22-15-23-26(11-13-33(23)31-22)10-12-32(17-26)25(35)30-27(8-5-9-27)20-6-3-2-4-7-20/h2-4,6-7,14-16,25,30,35H,5,8-13,17H2,1H3,(H2,28,29). The Morgan fingerprint density at radius 1 is 1.14 bits per heavy atom. The van der Waals surface area contributed by atoms with Gasteiger partial charge in [0.25, 0.3) is 0 Å².